The highest BCUT2D eigenvalue weighted by Gasteiger charge is 2.41. The van der Waals surface area contributed by atoms with Crippen LogP contribution < -0.4 is 10.6 Å². The lowest BCUT2D eigenvalue weighted by Crippen LogP contribution is -2.60. The Labute approximate surface area is 254 Å². The maximum atomic E-state index is 14.7. The maximum absolute atomic E-state index is 14.7. The zero-order chi connectivity index (χ0) is 30.7. The normalized spacial score (nSPS) is 21.2. The van der Waals surface area contributed by atoms with E-state index in [0.717, 1.165) is 17.4 Å². The molecule has 14 heteroatoms. The molecule has 8 nitrogen and oxygen atoms in total. The highest BCUT2D eigenvalue weighted by Crippen LogP contribution is 2.51. The third-order valence-corrected chi connectivity index (χ3v) is 9.72. The molecule has 1 saturated heterocycles. The first-order valence-corrected chi connectivity index (χ1v) is 15.6. The highest BCUT2D eigenvalue weighted by atomic mass is 35.5. The first-order valence-electron chi connectivity index (χ1n) is 13.4. The Morgan fingerprint density at radius 1 is 1.17 bits per heavy atom. The van der Waals surface area contributed by atoms with E-state index in [-0.39, 0.29) is 48.5 Å². The standard InChI is InChI=1S/C28H32ClF3N4O4S2/c1-14-10-34(11-15(2)35(14)26(38)40-27(3,4)5)24-17-9-18(28(30,31)32)21(19-7-8-20(29)42-19)23-22(17)36(25(37)33-24)16(12-39-6)13-41-23/h7-9,14-16H,10-13H2,1-6H3/t14-,15-,16+/m1/s1. The number of hydrogen-bond acceptors (Lipinski definition) is 8. The van der Waals surface area contributed by atoms with Crippen LogP contribution in [0.25, 0.3) is 21.3 Å². The molecule has 3 atom stereocenters. The number of alkyl halides is 3. The van der Waals surface area contributed by atoms with E-state index in [2.05, 4.69) is 4.98 Å². The van der Waals surface area contributed by atoms with Gasteiger partial charge in [0.15, 0.2) is 0 Å². The van der Waals surface area contributed by atoms with Crippen molar-refractivity contribution in [3.63, 3.8) is 0 Å². The van der Waals surface area contributed by atoms with Crippen molar-refractivity contribution in [3.05, 3.63) is 38.6 Å². The number of piperazine rings is 1. The van der Waals surface area contributed by atoms with Gasteiger partial charge in [-0.05, 0) is 52.8 Å². The molecule has 2 aromatic heterocycles. The van der Waals surface area contributed by atoms with E-state index in [1.54, 1.807) is 42.7 Å². The summed E-state index contributed by atoms with van der Waals surface area (Å²) in [6.45, 7) is 9.75. The predicted molar refractivity (Wildman–Crippen MR) is 160 cm³/mol. The summed E-state index contributed by atoms with van der Waals surface area (Å²) in [5.74, 6) is 0.502. The summed E-state index contributed by atoms with van der Waals surface area (Å²) in [5, 5.41) is 0.224. The molecular weight excluding hydrogens is 613 g/mol. The Kier molecular flexibility index (Phi) is 8.27. The smallest absolute Gasteiger partial charge is 0.417 e. The monoisotopic (exact) mass is 644 g/mol. The van der Waals surface area contributed by atoms with Gasteiger partial charge in [0.1, 0.15) is 11.4 Å². The molecule has 0 unspecified atom stereocenters. The third-order valence-electron chi connectivity index (χ3n) is 7.24. The number of halogens is 4. The number of benzene rings is 1. The Morgan fingerprint density at radius 2 is 1.83 bits per heavy atom. The van der Waals surface area contributed by atoms with Crippen LogP contribution in [0.1, 0.15) is 46.2 Å². The van der Waals surface area contributed by atoms with Crippen LogP contribution in [0.4, 0.5) is 23.8 Å². The number of thiophene rings is 1. The molecule has 4 heterocycles. The minimum atomic E-state index is -4.69. The summed E-state index contributed by atoms with van der Waals surface area (Å²) in [4.78, 5) is 35.2. The van der Waals surface area contributed by atoms with Crippen molar-refractivity contribution in [1.29, 1.82) is 0 Å². The Hall–Kier alpha value is -2.48. The Bertz CT molecular complexity index is 1570. The second-order valence-corrected chi connectivity index (χ2v) is 14.4. The fourth-order valence-electron chi connectivity index (χ4n) is 5.73. The van der Waals surface area contributed by atoms with E-state index in [9.17, 15) is 22.8 Å². The molecule has 1 fully saturated rings. The number of aromatic nitrogens is 2. The number of methoxy groups -OCH3 is 1. The summed E-state index contributed by atoms with van der Waals surface area (Å²) in [5.41, 5.74) is -1.66. The van der Waals surface area contributed by atoms with Crippen LogP contribution >= 0.6 is 34.7 Å². The summed E-state index contributed by atoms with van der Waals surface area (Å²) in [6.07, 6.45) is -5.15. The van der Waals surface area contributed by atoms with Gasteiger partial charge in [-0.25, -0.2) is 9.59 Å². The fraction of sp³-hybridized carbons (Fsp3) is 0.536. The van der Waals surface area contributed by atoms with E-state index in [0.29, 0.717) is 25.4 Å². The van der Waals surface area contributed by atoms with Crippen molar-refractivity contribution in [2.75, 3.05) is 37.5 Å². The largest absolute Gasteiger partial charge is 0.444 e. The maximum Gasteiger partial charge on any atom is 0.417 e. The van der Waals surface area contributed by atoms with Gasteiger partial charge in [0, 0.05) is 46.7 Å². The molecule has 1 amide bonds. The van der Waals surface area contributed by atoms with Crippen LogP contribution in [-0.4, -0.2) is 70.8 Å². The average Bonchev–Trinajstić information content (AvgIpc) is 3.29. The predicted octanol–water partition coefficient (Wildman–Crippen LogP) is 6.92. The van der Waals surface area contributed by atoms with Gasteiger partial charge in [-0.15, -0.1) is 23.1 Å². The molecule has 228 valence electrons. The van der Waals surface area contributed by atoms with Gasteiger partial charge in [0.05, 0.1) is 40.1 Å². The molecule has 3 aromatic rings. The summed E-state index contributed by atoms with van der Waals surface area (Å²) in [7, 11) is 1.52. The molecular formula is C28H32ClF3N4O4S2. The third kappa shape index (κ3) is 5.72. The molecule has 0 bridgehead atoms. The number of nitrogens with zero attached hydrogens (tertiary/aromatic N) is 4. The lowest BCUT2D eigenvalue weighted by atomic mass is 10.00. The number of carbonyl (C=O) groups is 1. The van der Waals surface area contributed by atoms with Crippen LogP contribution in [0, 0.1) is 0 Å². The molecule has 0 spiro atoms. The molecule has 42 heavy (non-hydrogen) atoms. The summed E-state index contributed by atoms with van der Waals surface area (Å²) < 4.78 is 57.0. The number of carbonyl (C=O) groups excluding carboxylic acids is 1. The molecule has 5 rings (SSSR count). The zero-order valence-corrected chi connectivity index (χ0v) is 26.4. The zero-order valence-electron chi connectivity index (χ0n) is 24.0. The minimum absolute atomic E-state index is 0.00884. The van der Waals surface area contributed by atoms with Gasteiger partial charge in [-0.1, -0.05) is 11.6 Å². The number of thioether (sulfide) groups is 1. The Balaban J connectivity index is 1.72. The minimum Gasteiger partial charge on any atom is -0.444 e. The van der Waals surface area contributed by atoms with Crippen molar-refractivity contribution in [3.8, 4) is 10.4 Å². The number of ether oxygens (including phenoxy) is 2. The van der Waals surface area contributed by atoms with Gasteiger partial charge >= 0.3 is 18.0 Å². The van der Waals surface area contributed by atoms with Crippen LogP contribution in [0.5, 0.6) is 0 Å². The molecule has 0 aliphatic carbocycles. The second-order valence-electron chi connectivity index (χ2n) is 11.6. The van der Waals surface area contributed by atoms with Crippen LogP contribution in [0.3, 0.4) is 0 Å². The van der Waals surface area contributed by atoms with Gasteiger partial charge in [-0.2, -0.15) is 18.2 Å². The molecule has 1 aromatic carbocycles. The average molecular weight is 645 g/mol. The van der Waals surface area contributed by atoms with Gasteiger partial charge in [-0.3, -0.25) is 9.47 Å². The first kappa shape index (κ1) is 31.0. The number of anilines is 1. The van der Waals surface area contributed by atoms with Crippen molar-refractivity contribution in [2.45, 2.75) is 69.4 Å². The van der Waals surface area contributed by atoms with E-state index in [1.807, 2.05) is 13.8 Å². The van der Waals surface area contributed by atoms with Crippen molar-refractivity contribution >= 4 is 57.5 Å². The van der Waals surface area contributed by atoms with Gasteiger partial charge < -0.3 is 14.4 Å². The summed E-state index contributed by atoms with van der Waals surface area (Å²) >= 11 is 8.49. The first-order chi connectivity index (χ1) is 19.6. The summed E-state index contributed by atoms with van der Waals surface area (Å²) in [6, 6.07) is 3.11. The lowest BCUT2D eigenvalue weighted by Gasteiger charge is -2.45. The number of rotatable bonds is 4. The van der Waals surface area contributed by atoms with E-state index < -0.39 is 35.2 Å². The van der Waals surface area contributed by atoms with E-state index in [1.165, 1.54) is 23.4 Å². The van der Waals surface area contributed by atoms with Crippen molar-refractivity contribution in [2.24, 2.45) is 0 Å². The highest BCUT2D eigenvalue weighted by molar-refractivity contribution is 7.99. The van der Waals surface area contributed by atoms with Crippen molar-refractivity contribution < 1.29 is 27.4 Å². The fourth-order valence-corrected chi connectivity index (χ4v) is 8.22. The molecule has 0 N–H and O–H groups in total. The quantitative estimate of drug-likeness (QED) is 0.305. The molecule has 2 aliphatic rings. The SMILES string of the molecule is COC[C@H]1CSc2c(-c3ccc(Cl)s3)c(C(F)(F)F)cc3c(N4C[C@@H](C)N(C(=O)OC(C)(C)C)[C@H](C)C4)nc(=O)n1c23. The van der Waals surface area contributed by atoms with Crippen LogP contribution in [-0.2, 0) is 15.7 Å². The lowest BCUT2D eigenvalue weighted by molar-refractivity contribution is -0.137. The van der Waals surface area contributed by atoms with E-state index >= 15 is 0 Å². The molecule has 0 radical (unpaired) electrons. The Morgan fingerprint density at radius 3 is 2.38 bits per heavy atom. The number of hydrogen-bond donors (Lipinski definition) is 0. The van der Waals surface area contributed by atoms with E-state index in [4.69, 9.17) is 21.1 Å². The second kappa shape index (κ2) is 11.2. The van der Waals surface area contributed by atoms with Crippen LogP contribution in [0.2, 0.25) is 4.34 Å². The topological polar surface area (TPSA) is 76.9 Å². The molecule has 2 aliphatic heterocycles. The van der Waals surface area contributed by atoms with Crippen molar-refractivity contribution in [1.82, 2.24) is 14.5 Å². The molecule has 0 saturated carbocycles. The number of amides is 1. The van der Waals surface area contributed by atoms with Gasteiger partial charge in [0.25, 0.3) is 0 Å². The van der Waals surface area contributed by atoms with Crippen LogP contribution in [0.15, 0.2) is 27.9 Å². The van der Waals surface area contributed by atoms with Gasteiger partial charge in [0.2, 0.25) is 0 Å².